The SMILES string of the molecule is CCn1nc(N)cc1-c1ccccc1. The maximum absolute atomic E-state index is 5.66. The van der Waals surface area contributed by atoms with E-state index in [0.717, 1.165) is 17.8 Å². The van der Waals surface area contributed by atoms with E-state index in [4.69, 9.17) is 5.73 Å². The molecule has 0 spiro atoms. The molecular weight excluding hydrogens is 174 g/mol. The van der Waals surface area contributed by atoms with E-state index >= 15 is 0 Å². The summed E-state index contributed by atoms with van der Waals surface area (Å²) in [5.41, 5.74) is 7.89. The topological polar surface area (TPSA) is 43.8 Å². The molecule has 14 heavy (non-hydrogen) atoms. The molecule has 0 bridgehead atoms. The summed E-state index contributed by atoms with van der Waals surface area (Å²) in [5, 5.41) is 4.20. The van der Waals surface area contributed by atoms with Gasteiger partial charge in [0.25, 0.3) is 0 Å². The van der Waals surface area contributed by atoms with Crippen LogP contribution in [-0.4, -0.2) is 9.78 Å². The van der Waals surface area contributed by atoms with Gasteiger partial charge in [0.15, 0.2) is 0 Å². The molecule has 0 amide bonds. The second-order valence-electron chi connectivity index (χ2n) is 3.14. The summed E-state index contributed by atoms with van der Waals surface area (Å²) < 4.78 is 1.91. The van der Waals surface area contributed by atoms with Crippen LogP contribution in [0.4, 0.5) is 5.82 Å². The molecule has 0 unspecified atom stereocenters. The van der Waals surface area contributed by atoms with E-state index in [0.29, 0.717) is 5.82 Å². The Balaban J connectivity index is 2.51. The standard InChI is InChI=1S/C11H13N3/c1-2-14-10(8-11(12)13-14)9-6-4-3-5-7-9/h3-8H,2H2,1H3,(H2,12,13). The molecule has 0 aliphatic carbocycles. The van der Waals surface area contributed by atoms with Crippen molar-refractivity contribution in [1.82, 2.24) is 9.78 Å². The maximum Gasteiger partial charge on any atom is 0.146 e. The molecule has 3 heteroatoms. The van der Waals surface area contributed by atoms with Crippen molar-refractivity contribution in [1.29, 1.82) is 0 Å². The molecular formula is C11H13N3. The smallest absolute Gasteiger partial charge is 0.146 e. The Morgan fingerprint density at radius 2 is 2.00 bits per heavy atom. The zero-order valence-electron chi connectivity index (χ0n) is 8.14. The molecule has 0 atom stereocenters. The van der Waals surface area contributed by atoms with Crippen LogP contribution in [0.25, 0.3) is 11.3 Å². The maximum atomic E-state index is 5.66. The molecule has 1 aromatic carbocycles. The largest absolute Gasteiger partial charge is 0.382 e. The zero-order chi connectivity index (χ0) is 9.97. The van der Waals surface area contributed by atoms with Gasteiger partial charge in [0.2, 0.25) is 0 Å². The van der Waals surface area contributed by atoms with Crippen LogP contribution in [0, 0.1) is 0 Å². The second kappa shape index (κ2) is 3.54. The fourth-order valence-corrected chi connectivity index (χ4v) is 1.52. The van der Waals surface area contributed by atoms with Gasteiger partial charge in [0.1, 0.15) is 5.82 Å². The van der Waals surface area contributed by atoms with Gasteiger partial charge in [-0.1, -0.05) is 30.3 Å². The quantitative estimate of drug-likeness (QED) is 0.782. The summed E-state index contributed by atoms with van der Waals surface area (Å²) in [6.45, 7) is 2.89. The van der Waals surface area contributed by atoms with E-state index in [1.54, 1.807) is 0 Å². The highest BCUT2D eigenvalue weighted by molar-refractivity contribution is 5.62. The van der Waals surface area contributed by atoms with Crippen LogP contribution in [0.1, 0.15) is 6.92 Å². The van der Waals surface area contributed by atoms with E-state index in [-0.39, 0.29) is 0 Å². The number of hydrogen-bond acceptors (Lipinski definition) is 2. The van der Waals surface area contributed by atoms with Gasteiger partial charge in [0, 0.05) is 12.6 Å². The van der Waals surface area contributed by atoms with Crippen LogP contribution in [0.3, 0.4) is 0 Å². The zero-order valence-corrected chi connectivity index (χ0v) is 8.14. The molecule has 0 radical (unpaired) electrons. The number of benzene rings is 1. The summed E-state index contributed by atoms with van der Waals surface area (Å²) in [4.78, 5) is 0. The molecule has 0 aliphatic heterocycles. The van der Waals surface area contributed by atoms with Crippen LogP contribution in [0.15, 0.2) is 36.4 Å². The minimum Gasteiger partial charge on any atom is -0.382 e. The lowest BCUT2D eigenvalue weighted by Gasteiger charge is -2.03. The first-order chi connectivity index (χ1) is 6.81. The van der Waals surface area contributed by atoms with Crippen molar-refractivity contribution in [3.8, 4) is 11.3 Å². The Labute approximate surface area is 83.2 Å². The first-order valence-electron chi connectivity index (χ1n) is 4.70. The third kappa shape index (κ3) is 1.48. The summed E-state index contributed by atoms with van der Waals surface area (Å²) in [6.07, 6.45) is 0. The Bertz CT molecular complexity index is 417. The van der Waals surface area contributed by atoms with Gasteiger partial charge in [-0.15, -0.1) is 0 Å². The lowest BCUT2D eigenvalue weighted by Crippen LogP contribution is -1.99. The summed E-state index contributed by atoms with van der Waals surface area (Å²) in [7, 11) is 0. The van der Waals surface area contributed by atoms with E-state index in [9.17, 15) is 0 Å². The lowest BCUT2D eigenvalue weighted by atomic mass is 10.1. The third-order valence-corrected chi connectivity index (χ3v) is 2.17. The first-order valence-corrected chi connectivity index (χ1v) is 4.70. The van der Waals surface area contributed by atoms with Crippen molar-refractivity contribution in [3.63, 3.8) is 0 Å². The summed E-state index contributed by atoms with van der Waals surface area (Å²) in [5.74, 6) is 0.575. The predicted molar refractivity (Wildman–Crippen MR) is 57.7 cm³/mol. The Kier molecular flexibility index (Phi) is 2.23. The van der Waals surface area contributed by atoms with Crippen molar-refractivity contribution >= 4 is 5.82 Å². The van der Waals surface area contributed by atoms with Crippen LogP contribution in [-0.2, 0) is 6.54 Å². The molecule has 1 heterocycles. The van der Waals surface area contributed by atoms with Gasteiger partial charge in [-0.3, -0.25) is 4.68 Å². The molecule has 1 aromatic heterocycles. The van der Waals surface area contributed by atoms with Gasteiger partial charge < -0.3 is 5.73 Å². The van der Waals surface area contributed by atoms with Gasteiger partial charge >= 0.3 is 0 Å². The van der Waals surface area contributed by atoms with Crippen molar-refractivity contribution in [2.75, 3.05) is 5.73 Å². The molecule has 0 aliphatic rings. The van der Waals surface area contributed by atoms with Gasteiger partial charge in [0.05, 0.1) is 5.69 Å². The second-order valence-corrected chi connectivity index (χ2v) is 3.14. The number of rotatable bonds is 2. The first kappa shape index (κ1) is 8.81. The number of nitrogens with two attached hydrogens (primary N) is 1. The Morgan fingerprint density at radius 1 is 1.29 bits per heavy atom. The van der Waals surface area contributed by atoms with E-state index in [1.807, 2.05) is 28.9 Å². The Hall–Kier alpha value is -1.77. The molecule has 2 rings (SSSR count). The number of anilines is 1. The van der Waals surface area contributed by atoms with Gasteiger partial charge in [-0.05, 0) is 12.5 Å². The highest BCUT2D eigenvalue weighted by Crippen LogP contribution is 2.20. The van der Waals surface area contributed by atoms with Crippen molar-refractivity contribution in [3.05, 3.63) is 36.4 Å². The minimum atomic E-state index is 0.575. The number of nitrogen functional groups attached to an aromatic ring is 1. The molecule has 72 valence electrons. The predicted octanol–water partition coefficient (Wildman–Crippen LogP) is 2.15. The van der Waals surface area contributed by atoms with Crippen LogP contribution in [0.5, 0.6) is 0 Å². The minimum absolute atomic E-state index is 0.575. The molecule has 2 N–H and O–H groups in total. The van der Waals surface area contributed by atoms with E-state index < -0.39 is 0 Å². The highest BCUT2D eigenvalue weighted by atomic mass is 15.3. The number of nitrogens with zero attached hydrogens (tertiary/aromatic N) is 2. The molecule has 0 saturated heterocycles. The van der Waals surface area contributed by atoms with Crippen molar-refractivity contribution in [2.24, 2.45) is 0 Å². The number of aromatic nitrogens is 2. The van der Waals surface area contributed by atoms with Crippen molar-refractivity contribution < 1.29 is 0 Å². The van der Waals surface area contributed by atoms with E-state index in [2.05, 4.69) is 24.2 Å². The normalized spacial score (nSPS) is 10.4. The number of aryl methyl sites for hydroxylation is 1. The fraction of sp³-hybridized carbons (Fsp3) is 0.182. The van der Waals surface area contributed by atoms with E-state index in [1.165, 1.54) is 0 Å². The van der Waals surface area contributed by atoms with Crippen molar-refractivity contribution in [2.45, 2.75) is 13.5 Å². The number of hydrogen-bond donors (Lipinski definition) is 1. The fourth-order valence-electron chi connectivity index (χ4n) is 1.52. The highest BCUT2D eigenvalue weighted by Gasteiger charge is 2.05. The van der Waals surface area contributed by atoms with Crippen LogP contribution < -0.4 is 5.73 Å². The average Bonchev–Trinajstić information content (AvgIpc) is 2.61. The summed E-state index contributed by atoms with van der Waals surface area (Å²) >= 11 is 0. The van der Waals surface area contributed by atoms with Gasteiger partial charge in [-0.2, -0.15) is 5.10 Å². The molecule has 0 fully saturated rings. The van der Waals surface area contributed by atoms with Crippen LogP contribution in [0.2, 0.25) is 0 Å². The Morgan fingerprint density at radius 3 is 2.64 bits per heavy atom. The third-order valence-electron chi connectivity index (χ3n) is 2.17. The average molecular weight is 187 g/mol. The van der Waals surface area contributed by atoms with Gasteiger partial charge in [-0.25, -0.2) is 0 Å². The molecule has 3 nitrogen and oxygen atoms in total. The van der Waals surface area contributed by atoms with Crippen LogP contribution >= 0.6 is 0 Å². The monoisotopic (exact) mass is 187 g/mol. The molecule has 0 saturated carbocycles. The molecule has 2 aromatic rings. The lowest BCUT2D eigenvalue weighted by molar-refractivity contribution is 0.670. The summed E-state index contributed by atoms with van der Waals surface area (Å²) in [6, 6.07) is 12.0.